The Balaban J connectivity index is 2.13. The first kappa shape index (κ1) is 14.5. The van der Waals surface area contributed by atoms with Crippen LogP contribution >= 0.6 is 0 Å². The zero-order chi connectivity index (χ0) is 15.7. The SMILES string of the molecule is Cc1ccc2nc(-c3ccccc3NS(C)(=O)=O)ccc2c1. The summed E-state index contributed by atoms with van der Waals surface area (Å²) < 4.78 is 25.5. The number of nitrogens with one attached hydrogen (secondary N) is 1. The molecule has 4 nitrogen and oxygen atoms in total. The summed E-state index contributed by atoms with van der Waals surface area (Å²) in [6.45, 7) is 2.04. The first-order valence-corrected chi connectivity index (χ1v) is 8.76. The molecule has 22 heavy (non-hydrogen) atoms. The quantitative estimate of drug-likeness (QED) is 0.804. The average molecular weight is 312 g/mol. The Morgan fingerprint density at radius 1 is 1.00 bits per heavy atom. The van der Waals surface area contributed by atoms with Gasteiger partial charge >= 0.3 is 0 Å². The minimum atomic E-state index is -3.33. The zero-order valence-corrected chi connectivity index (χ0v) is 13.2. The number of pyridine rings is 1. The Kier molecular flexibility index (Phi) is 3.58. The van der Waals surface area contributed by atoms with E-state index in [-0.39, 0.29) is 0 Å². The van der Waals surface area contributed by atoms with Gasteiger partial charge in [0.05, 0.1) is 23.2 Å². The lowest BCUT2D eigenvalue weighted by Gasteiger charge is -2.11. The molecule has 0 saturated heterocycles. The number of benzene rings is 2. The van der Waals surface area contributed by atoms with Crippen LogP contribution in [-0.4, -0.2) is 19.7 Å². The normalized spacial score (nSPS) is 11.5. The van der Waals surface area contributed by atoms with Gasteiger partial charge in [-0.05, 0) is 31.2 Å². The number of hydrogen-bond donors (Lipinski definition) is 1. The van der Waals surface area contributed by atoms with Gasteiger partial charge in [-0.1, -0.05) is 35.9 Å². The molecule has 0 unspecified atom stereocenters. The van der Waals surface area contributed by atoms with Gasteiger partial charge in [0.15, 0.2) is 0 Å². The minimum Gasteiger partial charge on any atom is -0.283 e. The molecule has 0 saturated carbocycles. The second-order valence-corrected chi connectivity index (χ2v) is 7.06. The van der Waals surface area contributed by atoms with Crippen LogP contribution in [0.15, 0.2) is 54.6 Å². The number of nitrogens with zero attached hydrogens (tertiary/aromatic N) is 1. The predicted molar refractivity (Wildman–Crippen MR) is 90.4 cm³/mol. The van der Waals surface area contributed by atoms with Crippen molar-refractivity contribution >= 4 is 26.6 Å². The van der Waals surface area contributed by atoms with Crippen molar-refractivity contribution in [3.05, 3.63) is 60.2 Å². The fraction of sp³-hybridized carbons (Fsp3) is 0.118. The monoisotopic (exact) mass is 312 g/mol. The van der Waals surface area contributed by atoms with Crippen molar-refractivity contribution in [3.8, 4) is 11.3 Å². The smallest absolute Gasteiger partial charge is 0.229 e. The van der Waals surface area contributed by atoms with Crippen LogP contribution in [0.3, 0.4) is 0 Å². The van der Waals surface area contributed by atoms with Crippen molar-refractivity contribution in [1.29, 1.82) is 0 Å². The summed E-state index contributed by atoms with van der Waals surface area (Å²) in [5.41, 5.74) is 4.10. The van der Waals surface area contributed by atoms with E-state index in [2.05, 4.69) is 15.8 Å². The highest BCUT2D eigenvalue weighted by atomic mass is 32.2. The molecular formula is C17H16N2O2S. The number of anilines is 1. The number of sulfonamides is 1. The summed E-state index contributed by atoms with van der Waals surface area (Å²) in [5, 5.41) is 1.07. The van der Waals surface area contributed by atoms with Crippen molar-refractivity contribution in [2.45, 2.75) is 6.92 Å². The van der Waals surface area contributed by atoms with Crippen molar-refractivity contribution in [3.63, 3.8) is 0 Å². The Bertz CT molecular complexity index is 950. The van der Waals surface area contributed by atoms with E-state index in [0.29, 0.717) is 5.69 Å². The van der Waals surface area contributed by atoms with Crippen LogP contribution in [0.2, 0.25) is 0 Å². The van der Waals surface area contributed by atoms with E-state index in [4.69, 9.17) is 0 Å². The summed E-state index contributed by atoms with van der Waals surface area (Å²) in [6, 6.07) is 17.2. The third-order valence-electron chi connectivity index (χ3n) is 3.34. The molecule has 0 atom stereocenters. The molecule has 1 N–H and O–H groups in total. The second-order valence-electron chi connectivity index (χ2n) is 5.31. The summed E-state index contributed by atoms with van der Waals surface area (Å²) in [4.78, 5) is 4.64. The molecular weight excluding hydrogens is 296 g/mol. The maximum Gasteiger partial charge on any atom is 0.229 e. The highest BCUT2D eigenvalue weighted by Gasteiger charge is 2.10. The molecule has 0 aliphatic heterocycles. The zero-order valence-electron chi connectivity index (χ0n) is 12.4. The average Bonchev–Trinajstić information content (AvgIpc) is 2.46. The van der Waals surface area contributed by atoms with Crippen molar-refractivity contribution in [2.75, 3.05) is 11.0 Å². The van der Waals surface area contributed by atoms with Crippen LogP contribution in [0.4, 0.5) is 5.69 Å². The number of aryl methyl sites for hydroxylation is 1. The molecule has 1 heterocycles. The Morgan fingerprint density at radius 3 is 2.55 bits per heavy atom. The topological polar surface area (TPSA) is 59.1 Å². The molecule has 0 spiro atoms. The Hall–Kier alpha value is -2.40. The maximum atomic E-state index is 11.5. The Morgan fingerprint density at radius 2 is 1.77 bits per heavy atom. The summed E-state index contributed by atoms with van der Waals surface area (Å²) in [6.07, 6.45) is 1.14. The molecule has 0 amide bonds. The molecule has 3 aromatic rings. The number of fused-ring (bicyclic) bond motifs is 1. The summed E-state index contributed by atoms with van der Waals surface area (Å²) >= 11 is 0. The van der Waals surface area contributed by atoms with Crippen molar-refractivity contribution in [2.24, 2.45) is 0 Å². The van der Waals surface area contributed by atoms with Gasteiger partial charge < -0.3 is 0 Å². The molecule has 1 aromatic heterocycles. The molecule has 0 aliphatic carbocycles. The number of hydrogen-bond acceptors (Lipinski definition) is 3. The summed E-state index contributed by atoms with van der Waals surface area (Å²) in [5.74, 6) is 0. The van der Waals surface area contributed by atoms with Crippen LogP contribution < -0.4 is 4.72 Å². The van der Waals surface area contributed by atoms with Gasteiger partial charge in [-0.15, -0.1) is 0 Å². The van der Waals surface area contributed by atoms with Gasteiger partial charge in [0.2, 0.25) is 10.0 Å². The fourth-order valence-corrected chi connectivity index (χ4v) is 2.97. The van der Waals surface area contributed by atoms with Crippen LogP contribution in [0.25, 0.3) is 22.2 Å². The van der Waals surface area contributed by atoms with Crippen LogP contribution in [0.1, 0.15) is 5.56 Å². The largest absolute Gasteiger partial charge is 0.283 e. The van der Waals surface area contributed by atoms with Crippen LogP contribution in [-0.2, 0) is 10.0 Å². The van der Waals surface area contributed by atoms with Gasteiger partial charge in [0.1, 0.15) is 0 Å². The van der Waals surface area contributed by atoms with Gasteiger partial charge in [-0.25, -0.2) is 13.4 Å². The number of rotatable bonds is 3. The van der Waals surface area contributed by atoms with Crippen LogP contribution in [0.5, 0.6) is 0 Å². The molecule has 3 rings (SSSR count). The highest BCUT2D eigenvalue weighted by molar-refractivity contribution is 7.92. The second kappa shape index (κ2) is 5.42. The van der Waals surface area contributed by atoms with E-state index in [0.717, 1.165) is 28.4 Å². The Labute approximate surface area is 129 Å². The predicted octanol–water partition coefficient (Wildman–Crippen LogP) is 3.58. The molecule has 0 fully saturated rings. The fourth-order valence-electron chi connectivity index (χ4n) is 2.39. The van der Waals surface area contributed by atoms with Crippen LogP contribution in [0, 0.1) is 6.92 Å². The standard InChI is InChI=1S/C17H16N2O2S/c1-12-7-9-15-13(11-12)8-10-16(18-15)14-5-3-4-6-17(14)19-22(2,20)21/h3-11,19H,1-2H3. The molecule has 0 aliphatic rings. The van der Waals surface area contributed by atoms with E-state index < -0.39 is 10.0 Å². The minimum absolute atomic E-state index is 0.531. The molecule has 0 bridgehead atoms. The van der Waals surface area contributed by atoms with Gasteiger partial charge in [-0.2, -0.15) is 0 Å². The third kappa shape index (κ3) is 3.09. The first-order valence-electron chi connectivity index (χ1n) is 6.87. The lowest BCUT2D eigenvalue weighted by molar-refractivity contribution is 0.607. The van der Waals surface area contributed by atoms with Gasteiger partial charge in [-0.3, -0.25) is 4.72 Å². The van der Waals surface area contributed by atoms with E-state index in [1.807, 2.05) is 43.3 Å². The molecule has 2 aromatic carbocycles. The number of para-hydroxylation sites is 1. The van der Waals surface area contributed by atoms with E-state index in [1.165, 1.54) is 5.56 Å². The summed E-state index contributed by atoms with van der Waals surface area (Å²) in [7, 11) is -3.33. The lowest BCUT2D eigenvalue weighted by atomic mass is 10.1. The lowest BCUT2D eigenvalue weighted by Crippen LogP contribution is -2.10. The third-order valence-corrected chi connectivity index (χ3v) is 3.93. The van der Waals surface area contributed by atoms with Crippen molar-refractivity contribution < 1.29 is 8.42 Å². The van der Waals surface area contributed by atoms with Crippen molar-refractivity contribution in [1.82, 2.24) is 4.98 Å². The van der Waals surface area contributed by atoms with Gasteiger partial charge in [0, 0.05) is 10.9 Å². The molecule has 5 heteroatoms. The number of aromatic nitrogens is 1. The van der Waals surface area contributed by atoms with Gasteiger partial charge in [0.25, 0.3) is 0 Å². The maximum absolute atomic E-state index is 11.5. The highest BCUT2D eigenvalue weighted by Crippen LogP contribution is 2.28. The van der Waals surface area contributed by atoms with E-state index in [9.17, 15) is 8.42 Å². The molecule has 0 radical (unpaired) electrons. The van der Waals surface area contributed by atoms with E-state index in [1.54, 1.807) is 12.1 Å². The van der Waals surface area contributed by atoms with E-state index >= 15 is 0 Å². The first-order chi connectivity index (χ1) is 10.4. The molecule has 112 valence electrons.